The van der Waals surface area contributed by atoms with E-state index in [1.807, 2.05) is 0 Å². The number of thioether (sulfide) groups is 1. The molecule has 9 nitrogen and oxygen atoms in total. The van der Waals surface area contributed by atoms with Gasteiger partial charge in [0.05, 0.1) is 6.61 Å². The van der Waals surface area contributed by atoms with Crippen molar-refractivity contribution in [2.24, 2.45) is 5.73 Å². The van der Waals surface area contributed by atoms with Crippen LogP contribution in [0.25, 0.3) is 0 Å². The van der Waals surface area contributed by atoms with Gasteiger partial charge in [0.25, 0.3) is 0 Å². The molecule has 3 N–H and O–H groups in total. The van der Waals surface area contributed by atoms with Crippen LogP contribution in [0.15, 0.2) is 0 Å². The molecular weight excluding hydrogens is 316 g/mol. The van der Waals surface area contributed by atoms with Gasteiger partial charge in [0, 0.05) is 20.8 Å². The fourth-order valence-electron chi connectivity index (χ4n) is 1.94. The summed E-state index contributed by atoms with van der Waals surface area (Å²) in [7, 11) is 0. The number of amidine groups is 1. The molecule has 0 aromatic heterocycles. The molecule has 1 fully saturated rings. The minimum atomic E-state index is -1.06. The zero-order valence-electron chi connectivity index (χ0n) is 12.4. The van der Waals surface area contributed by atoms with Crippen LogP contribution >= 0.6 is 11.8 Å². The first-order chi connectivity index (χ1) is 10.2. The Morgan fingerprint density at radius 2 is 1.55 bits per heavy atom. The van der Waals surface area contributed by atoms with Crippen LogP contribution in [0, 0.1) is 5.41 Å². The Balaban J connectivity index is 3.03. The van der Waals surface area contributed by atoms with E-state index in [1.54, 1.807) is 0 Å². The van der Waals surface area contributed by atoms with E-state index in [0.29, 0.717) is 0 Å². The lowest BCUT2D eigenvalue weighted by Gasteiger charge is -2.39. The third kappa shape index (κ3) is 5.53. The predicted molar refractivity (Wildman–Crippen MR) is 75.9 cm³/mol. The van der Waals surface area contributed by atoms with E-state index in [9.17, 15) is 14.4 Å². The van der Waals surface area contributed by atoms with E-state index < -0.39 is 41.7 Å². The van der Waals surface area contributed by atoms with Crippen molar-refractivity contribution in [3.8, 4) is 0 Å². The number of hydrogen-bond acceptors (Lipinski definition) is 9. The van der Waals surface area contributed by atoms with E-state index in [2.05, 4.69) is 0 Å². The van der Waals surface area contributed by atoms with Crippen LogP contribution in [-0.4, -0.2) is 53.4 Å². The molecule has 22 heavy (non-hydrogen) atoms. The molecular formula is C12H18N2O7S. The van der Waals surface area contributed by atoms with Gasteiger partial charge in [0.1, 0.15) is 0 Å². The molecule has 0 radical (unpaired) electrons. The summed E-state index contributed by atoms with van der Waals surface area (Å²) >= 11 is 0.807. The second-order valence-electron chi connectivity index (χ2n) is 4.48. The predicted octanol–water partition coefficient (Wildman–Crippen LogP) is -0.236. The topological polar surface area (TPSA) is 138 Å². The van der Waals surface area contributed by atoms with Gasteiger partial charge in [-0.25, -0.2) is 0 Å². The highest BCUT2D eigenvalue weighted by Gasteiger charge is 2.47. The molecule has 10 heteroatoms. The van der Waals surface area contributed by atoms with Crippen LogP contribution in [0.3, 0.4) is 0 Å². The lowest BCUT2D eigenvalue weighted by molar-refractivity contribution is -0.213. The molecule has 1 saturated heterocycles. The van der Waals surface area contributed by atoms with Gasteiger partial charge in [-0.2, -0.15) is 0 Å². The second-order valence-corrected chi connectivity index (χ2v) is 5.62. The fraction of sp³-hybridized carbons (Fsp3) is 0.667. The number of nitrogens with two attached hydrogens (primary N) is 1. The maximum absolute atomic E-state index is 11.3. The van der Waals surface area contributed by atoms with E-state index in [1.165, 1.54) is 20.8 Å². The van der Waals surface area contributed by atoms with E-state index >= 15 is 0 Å². The van der Waals surface area contributed by atoms with Gasteiger partial charge in [0.2, 0.25) is 0 Å². The van der Waals surface area contributed by atoms with Gasteiger partial charge < -0.3 is 24.7 Å². The maximum Gasteiger partial charge on any atom is 0.303 e. The molecule has 0 aliphatic carbocycles. The number of nitrogens with one attached hydrogen (secondary N) is 1. The summed E-state index contributed by atoms with van der Waals surface area (Å²) in [5.41, 5.74) is 4.46. The highest BCUT2D eigenvalue weighted by Crippen LogP contribution is 2.30. The Bertz CT molecular complexity index is 428. The highest BCUT2D eigenvalue weighted by atomic mass is 32.2. The maximum atomic E-state index is 11.3. The van der Waals surface area contributed by atoms with Gasteiger partial charge >= 0.3 is 17.9 Å². The summed E-state index contributed by atoms with van der Waals surface area (Å²) in [4.78, 5) is 33.7. The minimum Gasteiger partial charge on any atom is -0.456 e. The van der Waals surface area contributed by atoms with Crippen molar-refractivity contribution in [2.75, 3.05) is 6.61 Å². The first kappa shape index (κ1) is 18.2. The fourth-order valence-corrected chi connectivity index (χ4v) is 2.68. The highest BCUT2D eigenvalue weighted by molar-refractivity contribution is 8.14. The number of ether oxygens (including phenoxy) is 4. The average molecular weight is 334 g/mol. The monoisotopic (exact) mass is 334 g/mol. The normalized spacial score (nSPS) is 27.6. The van der Waals surface area contributed by atoms with Crippen molar-refractivity contribution in [1.29, 1.82) is 5.41 Å². The zero-order valence-corrected chi connectivity index (χ0v) is 13.2. The molecule has 0 bridgehead atoms. The molecule has 0 aromatic carbocycles. The van der Waals surface area contributed by atoms with Gasteiger partial charge in [-0.15, -0.1) is 0 Å². The molecule has 0 unspecified atom stereocenters. The summed E-state index contributed by atoms with van der Waals surface area (Å²) in [6.45, 7) is 3.47. The molecule has 0 aromatic rings. The third-order valence-electron chi connectivity index (χ3n) is 2.55. The Morgan fingerprint density at radius 1 is 1.05 bits per heavy atom. The smallest absolute Gasteiger partial charge is 0.303 e. The van der Waals surface area contributed by atoms with E-state index in [-0.39, 0.29) is 11.8 Å². The minimum absolute atomic E-state index is 0.0831. The van der Waals surface area contributed by atoms with Crippen molar-refractivity contribution < 1.29 is 33.3 Å². The second kappa shape index (κ2) is 7.99. The van der Waals surface area contributed by atoms with Gasteiger partial charge in [0.15, 0.2) is 28.9 Å². The lowest BCUT2D eigenvalue weighted by atomic mass is 10.1. The molecule has 1 aliphatic rings. The zero-order chi connectivity index (χ0) is 16.9. The first-order valence-corrected chi connectivity index (χ1v) is 7.22. The molecule has 1 rings (SSSR count). The number of esters is 3. The van der Waals surface area contributed by atoms with Crippen LogP contribution in [0.4, 0.5) is 0 Å². The van der Waals surface area contributed by atoms with Gasteiger partial charge in [-0.05, 0) is 0 Å². The average Bonchev–Trinajstić information content (AvgIpc) is 2.34. The first-order valence-electron chi connectivity index (χ1n) is 6.34. The standard InChI is InChI=1S/C12H18N2O7S/c1-5(15)19-8-4-18-11(22-12(13)14)10(21-7(3)17)9(8)20-6(2)16/h8-11H,4H2,1-3H3,(H3,13,14)/t8-,9+,10+,11+/m0/s1. The van der Waals surface area contributed by atoms with Crippen LogP contribution < -0.4 is 5.73 Å². The van der Waals surface area contributed by atoms with Gasteiger partial charge in [-0.3, -0.25) is 19.8 Å². The van der Waals surface area contributed by atoms with E-state index in [0.717, 1.165) is 11.8 Å². The van der Waals surface area contributed by atoms with Crippen molar-refractivity contribution in [1.82, 2.24) is 0 Å². The SMILES string of the molecule is CC(=O)O[C@@H]1[C@H](OC(C)=O)[C@@H](OC(C)=O)CO[C@@H]1SC(=N)N. The van der Waals surface area contributed by atoms with Gasteiger partial charge in [-0.1, -0.05) is 11.8 Å². The lowest BCUT2D eigenvalue weighted by Crippen LogP contribution is -2.56. The molecule has 0 amide bonds. The van der Waals surface area contributed by atoms with Crippen molar-refractivity contribution in [3.63, 3.8) is 0 Å². The molecule has 0 spiro atoms. The Morgan fingerprint density at radius 3 is 2.00 bits per heavy atom. The summed E-state index contributed by atoms with van der Waals surface area (Å²) in [5.74, 6) is -1.86. The van der Waals surface area contributed by atoms with Crippen LogP contribution in [-0.2, 0) is 33.3 Å². The Kier molecular flexibility index (Phi) is 6.62. The summed E-state index contributed by atoms with van der Waals surface area (Å²) < 4.78 is 20.7. The summed E-state index contributed by atoms with van der Waals surface area (Å²) in [6.07, 6.45) is -3.03. The largest absolute Gasteiger partial charge is 0.456 e. The van der Waals surface area contributed by atoms with E-state index in [4.69, 9.17) is 30.1 Å². The summed E-state index contributed by atoms with van der Waals surface area (Å²) in [6, 6.07) is 0. The Hall–Kier alpha value is -1.81. The van der Waals surface area contributed by atoms with Crippen molar-refractivity contribution in [3.05, 3.63) is 0 Å². The Labute approximate surface area is 131 Å². The third-order valence-corrected chi connectivity index (χ3v) is 3.44. The van der Waals surface area contributed by atoms with Crippen LogP contribution in [0.1, 0.15) is 20.8 Å². The van der Waals surface area contributed by atoms with Crippen LogP contribution in [0.5, 0.6) is 0 Å². The van der Waals surface area contributed by atoms with Crippen molar-refractivity contribution >= 4 is 34.8 Å². The molecule has 0 saturated carbocycles. The number of carbonyl (C=O) groups excluding carboxylic acids is 3. The van der Waals surface area contributed by atoms with Crippen molar-refractivity contribution in [2.45, 2.75) is 44.5 Å². The number of hydrogen-bond donors (Lipinski definition) is 2. The number of rotatable bonds is 4. The van der Waals surface area contributed by atoms with Crippen LogP contribution in [0.2, 0.25) is 0 Å². The molecule has 1 heterocycles. The molecule has 124 valence electrons. The number of carbonyl (C=O) groups is 3. The molecule has 4 atom stereocenters. The quantitative estimate of drug-likeness (QED) is 0.309. The summed E-state index contributed by atoms with van der Waals surface area (Å²) in [5, 5.41) is 7.05. The molecule has 1 aliphatic heterocycles.